The molecule has 1 aliphatic rings. The number of nitrogens with one attached hydrogen (secondary N) is 1. The number of benzene rings is 1. The molecule has 0 aliphatic carbocycles. The van der Waals surface area contributed by atoms with Crippen molar-refractivity contribution in [2.45, 2.75) is 19.8 Å². The molecular weight excluding hydrogens is 348 g/mol. The van der Waals surface area contributed by atoms with E-state index in [2.05, 4.69) is 22.0 Å². The van der Waals surface area contributed by atoms with Gasteiger partial charge in [0.1, 0.15) is 5.58 Å². The van der Waals surface area contributed by atoms with Crippen molar-refractivity contribution in [1.82, 2.24) is 0 Å². The van der Waals surface area contributed by atoms with Gasteiger partial charge in [0, 0.05) is 18.2 Å². The normalized spacial score (nSPS) is 13.3. The lowest BCUT2D eigenvalue weighted by Crippen LogP contribution is -2.13. The minimum absolute atomic E-state index is 0.0322. The van der Waals surface area contributed by atoms with E-state index in [9.17, 15) is 14.4 Å². The number of hydrogen-bond donors (Lipinski definition) is 1. The van der Waals surface area contributed by atoms with Gasteiger partial charge in [0.15, 0.2) is 0 Å². The van der Waals surface area contributed by atoms with E-state index < -0.39 is 11.6 Å². The van der Waals surface area contributed by atoms with Gasteiger partial charge >= 0.3 is 11.6 Å². The molecule has 0 bridgehead atoms. The molecule has 1 amide bonds. The Kier molecular flexibility index (Phi) is 5.05. The van der Waals surface area contributed by atoms with Crippen LogP contribution in [0.15, 0.2) is 33.1 Å². The molecule has 0 fully saturated rings. The summed E-state index contributed by atoms with van der Waals surface area (Å²) in [6.45, 7) is 8.84. The molecule has 27 heavy (non-hydrogen) atoms. The van der Waals surface area contributed by atoms with Crippen LogP contribution in [-0.4, -0.2) is 18.5 Å². The van der Waals surface area contributed by atoms with E-state index in [-0.39, 0.29) is 23.8 Å². The number of carbonyl (C=O) groups excluding carboxylic acids is 2. The summed E-state index contributed by atoms with van der Waals surface area (Å²) in [6, 6.07) is 4.72. The molecule has 2 aromatic rings. The maximum absolute atomic E-state index is 12.2. The first kappa shape index (κ1) is 18.0. The molecule has 0 saturated heterocycles. The maximum atomic E-state index is 12.2. The fraction of sp³-hybridized carbons (Fsp3) is 0.200. The van der Waals surface area contributed by atoms with Gasteiger partial charge in [-0.3, -0.25) is 9.59 Å². The number of nitrogens with zero attached hydrogens (tertiary/aromatic N) is 1. The highest BCUT2D eigenvalue weighted by Crippen LogP contribution is 2.25. The van der Waals surface area contributed by atoms with Crippen LogP contribution in [0.4, 0.5) is 5.69 Å². The maximum Gasteiger partial charge on any atom is 0.342 e. The van der Waals surface area contributed by atoms with Crippen LogP contribution in [0.2, 0.25) is 0 Å². The van der Waals surface area contributed by atoms with Crippen molar-refractivity contribution in [2.24, 2.45) is 0 Å². The minimum Gasteiger partial charge on any atom is -0.471 e. The monoisotopic (exact) mass is 362 g/mol. The fourth-order valence-corrected chi connectivity index (χ4v) is 2.53. The van der Waals surface area contributed by atoms with Crippen LogP contribution in [0.1, 0.15) is 30.9 Å². The van der Waals surface area contributed by atoms with E-state index in [0.717, 1.165) is 6.08 Å². The summed E-state index contributed by atoms with van der Waals surface area (Å²) < 4.78 is 10.1. The Hall–Kier alpha value is -3.84. The van der Waals surface area contributed by atoms with Crippen LogP contribution in [-0.2, 0) is 14.3 Å². The van der Waals surface area contributed by atoms with Crippen molar-refractivity contribution >= 4 is 34.6 Å². The second-order valence-corrected chi connectivity index (χ2v) is 5.64. The van der Waals surface area contributed by atoms with Crippen molar-refractivity contribution in [3.8, 4) is 11.8 Å². The Balaban J connectivity index is 2.13. The second kappa shape index (κ2) is 7.59. The number of rotatable bonds is 3. The van der Waals surface area contributed by atoms with Crippen LogP contribution in [0.5, 0.6) is 0 Å². The van der Waals surface area contributed by atoms with Gasteiger partial charge in [-0.05, 0) is 31.2 Å². The van der Waals surface area contributed by atoms with E-state index in [4.69, 9.17) is 15.7 Å². The van der Waals surface area contributed by atoms with E-state index in [1.165, 1.54) is 6.07 Å². The van der Waals surface area contributed by atoms with Crippen molar-refractivity contribution in [3.05, 3.63) is 56.9 Å². The average molecular weight is 362 g/mol. The Morgan fingerprint density at radius 2 is 2.22 bits per heavy atom. The van der Waals surface area contributed by atoms with E-state index >= 15 is 0 Å². The molecule has 0 unspecified atom stereocenters. The van der Waals surface area contributed by atoms with Gasteiger partial charge in [-0.25, -0.2) is 9.64 Å². The number of anilines is 1. The van der Waals surface area contributed by atoms with Gasteiger partial charge in [-0.2, -0.15) is 0 Å². The fourth-order valence-electron chi connectivity index (χ4n) is 2.53. The first-order chi connectivity index (χ1) is 13.0. The van der Waals surface area contributed by atoms with Crippen LogP contribution in [0, 0.1) is 18.4 Å². The Bertz CT molecular complexity index is 1140. The van der Waals surface area contributed by atoms with E-state index in [1.54, 1.807) is 19.1 Å². The molecule has 1 aromatic heterocycles. The molecular formula is C20H14N2O5. The van der Waals surface area contributed by atoms with Crippen LogP contribution in [0.25, 0.3) is 21.9 Å². The molecule has 7 heteroatoms. The van der Waals surface area contributed by atoms with Crippen LogP contribution >= 0.6 is 0 Å². The van der Waals surface area contributed by atoms with E-state index in [0.29, 0.717) is 35.1 Å². The number of amides is 1. The molecule has 1 aliphatic heterocycles. The average Bonchev–Trinajstić information content (AvgIpc) is 2.62. The lowest BCUT2D eigenvalue weighted by Gasteiger charge is -2.10. The largest absolute Gasteiger partial charge is 0.471 e. The molecule has 2 heterocycles. The molecule has 0 atom stereocenters. The van der Waals surface area contributed by atoms with Gasteiger partial charge in [0.2, 0.25) is 5.91 Å². The first-order valence-electron chi connectivity index (χ1n) is 8.18. The second-order valence-electron chi connectivity index (χ2n) is 5.64. The predicted molar refractivity (Wildman–Crippen MR) is 98.4 cm³/mol. The highest BCUT2D eigenvalue weighted by molar-refractivity contribution is 5.98. The highest BCUT2D eigenvalue weighted by Gasteiger charge is 2.15. The van der Waals surface area contributed by atoms with Gasteiger partial charge in [-0.15, -0.1) is 0 Å². The third-order valence-corrected chi connectivity index (χ3v) is 3.77. The van der Waals surface area contributed by atoms with Gasteiger partial charge < -0.3 is 14.5 Å². The van der Waals surface area contributed by atoms with Crippen molar-refractivity contribution in [3.63, 3.8) is 0 Å². The number of hydrogen-bond acceptors (Lipinski definition) is 5. The summed E-state index contributed by atoms with van der Waals surface area (Å²) >= 11 is 0. The lowest BCUT2D eigenvalue weighted by molar-refractivity contribution is -0.138. The summed E-state index contributed by atoms with van der Waals surface area (Å²) in [7, 11) is 0. The Labute approximate surface area is 154 Å². The Morgan fingerprint density at radius 1 is 1.41 bits per heavy atom. The molecule has 1 N–H and O–H groups in total. The quantitative estimate of drug-likeness (QED) is 0.298. The highest BCUT2D eigenvalue weighted by atomic mass is 16.5. The van der Waals surface area contributed by atoms with Crippen molar-refractivity contribution in [2.75, 3.05) is 11.9 Å². The van der Waals surface area contributed by atoms with Crippen molar-refractivity contribution < 1.29 is 18.7 Å². The molecule has 0 radical (unpaired) electrons. The summed E-state index contributed by atoms with van der Waals surface area (Å²) in [6.07, 6.45) is 1.88. The van der Waals surface area contributed by atoms with Crippen LogP contribution in [0.3, 0.4) is 0 Å². The molecule has 0 saturated carbocycles. The predicted octanol–water partition coefficient (Wildman–Crippen LogP) is 2.70. The SMILES string of the molecule is [C-]#[N+]C(=Cc1cc2cc3c(cc2oc1=O)C#CCCC(=O)N3)C(=O)OCC. The lowest BCUT2D eigenvalue weighted by atomic mass is 10.1. The molecule has 3 rings (SSSR count). The standard InChI is InChI=1S/C20H14N2O5/c1-3-26-20(25)16(21-2)10-14-8-13-9-15-12(11-17(13)27-19(14)24)6-4-5-7-18(23)22-15/h8-11H,3,5,7H2,1H3,(H,22,23). The number of fused-ring (bicyclic) bond motifs is 2. The summed E-state index contributed by atoms with van der Waals surface area (Å²) in [5.74, 6) is 4.88. The third-order valence-electron chi connectivity index (χ3n) is 3.77. The smallest absolute Gasteiger partial charge is 0.342 e. The summed E-state index contributed by atoms with van der Waals surface area (Å²) in [4.78, 5) is 38.9. The molecule has 0 spiro atoms. The summed E-state index contributed by atoms with van der Waals surface area (Å²) in [5.41, 5.74) is 0.365. The molecule has 7 nitrogen and oxygen atoms in total. The topological polar surface area (TPSA) is 90.0 Å². The van der Waals surface area contributed by atoms with Crippen LogP contribution < -0.4 is 10.9 Å². The van der Waals surface area contributed by atoms with Gasteiger partial charge in [0.05, 0.1) is 30.0 Å². The van der Waals surface area contributed by atoms with Gasteiger partial charge in [-0.1, -0.05) is 11.8 Å². The zero-order chi connectivity index (χ0) is 19.4. The number of esters is 1. The Morgan fingerprint density at radius 3 is 2.96 bits per heavy atom. The number of carbonyl (C=O) groups is 2. The molecule has 134 valence electrons. The summed E-state index contributed by atoms with van der Waals surface area (Å²) in [5, 5.41) is 3.30. The molecule has 1 aromatic carbocycles. The third kappa shape index (κ3) is 3.88. The van der Waals surface area contributed by atoms with Crippen molar-refractivity contribution in [1.29, 1.82) is 0 Å². The minimum atomic E-state index is -0.812. The van der Waals surface area contributed by atoms with E-state index in [1.807, 2.05) is 0 Å². The zero-order valence-electron chi connectivity index (χ0n) is 14.4. The zero-order valence-corrected chi connectivity index (χ0v) is 14.4. The van der Waals surface area contributed by atoms with Gasteiger partial charge in [0.25, 0.3) is 5.70 Å². The first-order valence-corrected chi connectivity index (χ1v) is 8.18. The number of ether oxygens (including phenoxy) is 1.